The molecule has 2 aliphatic heterocycles. The summed E-state index contributed by atoms with van der Waals surface area (Å²) in [5, 5.41) is 34.7. The van der Waals surface area contributed by atoms with Crippen molar-refractivity contribution in [2.24, 2.45) is 0 Å². The van der Waals surface area contributed by atoms with Gasteiger partial charge in [0, 0.05) is 29.8 Å². The maximum Gasteiger partial charge on any atom is 0.172 e. The fourth-order valence-corrected chi connectivity index (χ4v) is 5.42. The Hall–Kier alpha value is -3.14. The van der Waals surface area contributed by atoms with Crippen LogP contribution in [0.5, 0.6) is 5.75 Å². The van der Waals surface area contributed by atoms with Crippen molar-refractivity contribution in [3.63, 3.8) is 0 Å². The monoisotopic (exact) mass is 452 g/mol. The van der Waals surface area contributed by atoms with Gasteiger partial charge >= 0.3 is 0 Å². The van der Waals surface area contributed by atoms with Gasteiger partial charge in [0.1, 0.15) is 11.9 Å². The third-order valence-electron chi connectivity index (χ3n) is 7.13. The summed E-state index contributed by atoms with van der Waals surface area (Å²) in [6.45, 7) is 5.93. The first-order chi connectivity index (χ1) is 15.7. The van der Waals surface area contributed by atoms with E-state index in [-0.39, 0.29) is 17.3 Å². The molecule has 4 atom stereocenters. The van der Waals surface area contributed by atoms with Crippen LogP contribution in [0.4, 0.5) is 10.2 Å². The van der Waals surface area contributed by atoms with Gasteiger partial charge in [-0.1, -0.05) is 0 Å². The van der Waals surface area contributed by atoms with Crippen molar-refractivity contribution >= 4 is 5.82 Å². The summed E-state index contributed by atoms with van der Waals surface area (Å²) in [4.78, 5) is 3.26. The second kappa shape index (κ2) is 7.72. The number of alkyl halides is 1. The van der Waals surface area contributed by atoms with E-state index in [1.807, 2.05) is 24.9 Å². The minimum atomic E-state index is -1.01. The number of halogens is 1. The van der Waals surface area contributed by atoms with Crippen LogP contribution in [-0.2, 0) is 0 Å². The highest BCUT2D eigenvalue weighted by Gasteiger charge is 2.53. The van der Waals surface area contributed by atoms with E-state index in [0.29, 0.717) is 35.0 Å². The van der Waals surface area contributed by atoms with E-state index in [2.05, 4.69) is 37.8 Å². The van der Waals surface area contributed by atoms with Gasteiger partial charge in [-0.2, -0.15) is 0 Å². The number of aryl methyl sites for hydroxylation is 1. The van der Waals surface area contributed by atoms with Gasteiger partial charge < -0.3 is 15.3 Å². The first-order valence-corrected chi connectivity index (χ1v) is 11.3. The lowest BCUT2D eigenvalue weighted by Crippen LogP contribution is -2.72. The minimum absolute atomic E-state index is 0.0358. The van der Waals surface area contributed by atoms with Gasteiger partial charge in [0.15, 0.2) is 11.6 Å². The smallest absolute Gasteiger partial charge is 0.172 e. The zero-order valence-electron chi connectivity index (χ0n) is 19.3. The number of phenolic OH excluding ortho intramolecular Hbond substituents is 1. The Morgan fingerprint density at radius 3 is 2.64 bits per heavy atom. The number of nitrogens with one attached hydrogen (secondary N) is 1. The zero-order valence-corrected chi connectivity index (χ0v) is 19.3. The Morgan fingerprint density at radius 1 is 1.15 bits per heavy atom. The predicted molar refractivity (Wildman–Crippen MR) is 122 cm³/mol. The molecule has 0 unspecified atom stereocenters. The summed E-state index contributed by atoms with van der Waals surface area (Å²) in [5.41, 5.74) is 1.05. The van der Waals surface area contributed by atoms with Gasteiger partial charge in [-0.05, 0) is 75.9 Å². The molecule has 9 nitrogen and oxygen atoms in total. The lowest BCUT2D eigenvalue weighted by molar-refractivity contribution is 0.00195. The molecule has 0 aliphatic carbocycles. The van der Waals surface area contributed by atoms with Gasteiger partial charge in [-0.25, -0.2) is 4.39 Å². The van der Waals surface area contributed by atoms with Crippen LogP contribution in [0.3, 0.4) is 0 Å². The Balaban J connectivity index is 1.37. The first kappa shape index (κ1) is 21.7. The number of anilines is 1. The molecule has 2 N–H and O–H groups in total. The lowest BCUT2D eigenvalue weighted by Gasteiger charge is -2.56. The number of tetrazole rings is 1. The van der Waals surface area contributed by atoms with Gasteiger partial charge in [-0.15, -0.1) is 25.2 Å². The molecule has 2 aromatic heterocycles. The maximum atomic E-state index is 15.6. The molecule has 33 heavy (non-hydrogen) atoms. The molecule has 0 spiro atoms. The number of aromatic hydroxyl groups is 1. The Morgan fingerprint density at radius 2 is 1.97 bits per heavy atom. The van der Waals surface area contributed by atoms with Crippen LogP contribution in [0.2, 0.25) is 0 Å². The van der Waals surface area contributed by atoms with E-state index >= 15 is 4.39 Å². The number of hydrogen-bond donors (Lipinski definition) is 2. The number of aromatic nitrogens is 6. The van der Waals surface area contributed by atoms with E-state index in [1.165, 1.54) is 4.80 Å². The van der Waals surface area contributed by atoms with Crippen molar-refractivity contribution in [1.29, 1.82) is 0 Å². The highest BCUT2D eigenvalue weighted by atomic mass is 19.1. The summed E-state index contributed by atoms with van der Waals surface area (Å²) in [6, 6.07) is 8.41. The molecule has 0 amide bonds. The van der Waals surface area contributed by atoms with Crippen molar-refractivity contribution in [2.75, 3.05) is 11.9 Å². The first-order valence-electron chi connectivity index (χ1n) is 11.3. The SMILES string of the molecule is Cc1nnn(-c2ccc(-c3ccc(N(C)[C@@H]4C[C@@]5(C)CCC[C@](C)(N5)[C@H]4F)nn3)c(O)c2)n1. The van der Waals surface area contributed by atoms with Crippen LogP contribution in [0.25, 0.3) is 16.9 Å². The lowest BCUT2D eigenvalue weighted by atomic mass is 9.68. The van der Waals surface area contributed by atoms with Crippen LogP contribution in [0.1, 0.15) is 45.4 Å². The zero-order chi connectivity index (χ0) is 23.4. The van der Waals surface area contributed by atoms with Crippen molar-refractivity contribution in [1.82, 2.24) is 35.7 Å². The largest absolute Gasteiger partial charge is 0.507 e. The van der Waals surface area contributed by atoms with E-state index in [1.54, 1.807) is 31.2 Å². The molecule has 5 rings (SSSR count). The van der Waals surface area contributed by atoms with E-state index in [4.69, 9.17) is 0 Å². The molecule has 2 saturated heterocycles. The average Bonchev–Trinajstić information content (AvgIpc) is 3.22. The summed E-state index contributed by atoms with van der Waals surface area (Å²) in [6.07, 6.45) is 2.62. The van der Waals surface area contributed by atoms with Crippen LogP contribution >= 0.6 is 0 Å². The number of phenols is 1. The molecule has 4 heterocycles. The third-order valence-corrected chi connectivity index (χ3v) is 7.13. The molecule has 2 aliphatic rings. The molecule has 174 valence electrons. The summed E-state index contributed by atoms with van der Waals surface area (Å²) >= 11 is 0. The second-order valence-corrected chi connectivity index (χ2v) is 9.85. The van der Waals surface area contributed by atoms with Crippen molar-refractivity contribution in [2.45, 2.75) is 69.7 Å². The number of fused-ring (bicyclic) bond motifs is 2. The molecule has 3 aromatic rings. The molecule has 2 bridgehead atoms. The highest BCUT2D eigenvalue weighted by Crippen LogP contribution is 2.43. The predicted octanol–water partition coefficient (Wildman–Crippen LogP) is 2.97. The highest BCUT2D eigenvalue weighted by molar-refractivity contribution is 5.68. The van der Waals surface area contributed by atoms with Gasteiger partial charge in [0.25, 0.3) is 0 Å². The number of benzene rings is 1. The van der Waals surface area contributed by atoms with Gasteiger partial charge in [0.05, 0.1) is 17.4 Å². The molecule has 0 radical (unpaired) electrons. The fraction of sp³-hybridized carbons (Fsp3) is 0.522. The third kappa shape index (κ3) is 3.82. The maximum absolute atomic E-state index is 15.6. The van der Waals surface area contributed by atoms with E-state index < -0.39 is 11.7 Å². The summed E-state index contributed by atoms with van der Waals surface area (Å²) in [5.74, 6) is 1.19. The van der Waals surface area contributed by atoms with Gasteiger partial charge in [0.2, 0.25) is 0 Å². The summed E-state index contributed by atoms with van der Waals surface area (Å²) in [7, 11) is 1.88. The average molecular weight is 453 g/mol. The van der Waals surface area contributed by atoms with Crippen molar-refractivity contribution in [3.8, 4) is 22.7 Å². The molecule has 0 saturated carbocycles. The molecular formula is C23H29FN8O. The standard InChI is InChI=1S/C23H29FN8O/c1-14-25-30-32(28-14)15-6-7-16(19(33)12-15)17-8-9-20(27-26-17)31(4)18-13-22(2)10-5-11-23(3,29-22)21(18)24/h6-9,12,18,21,29,33H,5,10-11,13H2,1-4H3/t18-,21+,22-,23+/m1/s1. The Bertz CT molecular complexity index is 1170. The second-order valence-electron chi connectivity index (χ2n) is 9.85. The van der Waals surface area contributed by atoms with Crippen LogP contribution in [0, 0.1) is 6.92 Å². The number of hydrogen-bond acceptors (Lipinski definition) is 8. The normalized spacial score (nSPS) is 29.1. The van der Waals surface area contributed by atoms with Crippen LogP contribution in [0.15, 0.2) is 30.3 Å². The number of rotatable bonds is 4. The number of piperidine rings is 2. The van der Waals surface area contributed by atoms with Crippen LogP contribution < -0.4 is 10.2 Å². The van der Waals surface area contributed by atoms with Crippen molar-refractivity contribution < 1.29 is 9.50 Å². The molecule has 10 heteroatoms. The van der Waals surface area contributed by atoms with Crippen LogP contribution in [-0.4, -0.2) is 65.9 Å². The minimum Gasteiger partial charge on any atom is -0.507 e. The summed E-state index contributed by atoms with van der Waals surface area (Å²) < 4.78 is 15.6. The number of nitrogens with zero attached hydrogens (tertiary/aromatic N) is 7. The Kier molecular flexibility index (Phi) is 5.08. The quantitative estimate of drug-likeness (QED) is 0.623. The van der Waals surface area contributed by atoms with Crippen molar-refractivity contribution in [3.05, 3.63) is 36.2 Å². The van der Waals surface area contributed by atoms with E-state index in [0.717, 1.165) is 19.3 Å². The molecule has 1 aromatic carbocycles. The van der Waals surface area contributed by atoms with Gasteiger partial charge in [-0.3, -0.25) is 0 Å². The molecule has 2 fully saturated rings. The molecular weight excluding hydrogens is 423 g/mol. The topological polar surface area (TPSA) is 105 Å². The Labute approximate surface area is 192 Å². The van der Waals surface area contributed by atoms with E-state index in [9.17, 15) is 5.11 Å². The fourth-order valence-electron chi connectivity index (χ4n) is 5.42.